The number of pyridine rings is 1. The zero-order chi connectivity index (χ0) is 16.2. The number of halogens is 2. The molecule has 1 aliphatic rings. The molecule has 0 N–H and O–H groups in total. The van der Waals surface area contributed by atoms with Crippen LogP contribution in [0, 0.1) is 18.6 Å². The van der Waals surface area contributed by atoms with E-state index in [1.165, 1.54) is 17.7 Å². The summed E-state index contributed by atoms with van der Waals surface area (Å²) in [5.74, 6) is -0.719. The van der Waals surface area contributed by atoms with Crippen LogP contribution in [0.4, 0.5) is 8.78 Å². The van der Waals surface area contributed by atoms with E-state index < -0.39 is 0 Å². The third-order valence-electron chi connectivity index (χ3n) is 4.36. The van der Waals surface area contributed by atoms with Gasteiger partial charge in [-0.3, -0.25) is 14.8 Å². The molecule has 1 saturated heterocycles. The standard InChI is InChI=1S/C18H21F2N3/c1-14-3-2-6-21-18(14)13-23-9-7-22(8-10-23)12-15-11-16(19)4-5-17(15)20/h2-6,11H,7-10,12-13H2,1H3. The first-order chi connectivity index (χ1) is 11.1. The fraction of sp³-hybridized carbons (Fsp3) is 0.389. The topological polar surface area (TPSA) is 19.4 Å². The van der Waals surface area contributed by atoms with Gasteiger partial charge in [0.15, 0.2) is 0 Å². The number of aryl methyl sites for hydroxylation is 1. The van der Waals surface area contributed by atoms with Gasteiger partial charge in [0, 0.05) is 51.0 Å². The van der Waals surface area contributed by atoms with Gasteiger partial charge in [0.05, 0.1) is 5.69 Å². The zero-order valence-corrected chi connectivity index (χ0v) is 13.3. The molecule has 5 heteroatoms. The van der Waals surface area contributed by atoms with Crippen molar-refractivity contribution in [2.75, 3.05) is 26.2 Å². The van der Waals surface area contributed by atoms with Crippen molar-refractivity contribution in [2.45, 2.75) is 20.0 Å². The predicted molar refractivity (Wildman–Crippen MR) is 85.9 cm³/mol. The Labute approximate surface area is 135 Å². The molecule has 0 saturated carbocycles. The van der Waals surface area contributed by atoms with Gasteiger partial charge in [-0.1, -0.05) is 6.07 Å². The lowest BCUT2D eigenvalue weighted by Crippen LogP contribution is -2.45. The third kappa shape index (κ3) is 4.12. The lowest BCUT2D eigenvalue weighted by Gasteiger charge is -2.34. The quantitative estimate of drug-likeness (QED) is 0.864. The summed E-state index contributed by atoms with van der Waals surface area (Å²) < 4.78 is 27.0. The molecule has 0 aliphatic carbocycles. The summed E-state index contributed by atoms with van der Waals surface area (Å²) >= 11 is 0. The summed E-state index contributed by atoms with van der Waals surface area (Å²) in [6.07, 6.45) is 1.82. The molecule has 0 spiro atoms. The van der Waals surface area contributed by atoms with Gasteiger partial charge < -0.3 is 0 Å². The highest BCUT2D eigenvalue weighted by Crippen LogP contribution is 2.15. The molecular formula is C18H21F2N3. The highest BCUT2D eigenvalue weighted by molar-refractivity contribution is 5.19. The summed E-state index contributed by atoms with van der Waals surface area (Å²) in [5, 5.41) is 0. The van der Waals surface area contributed by atoms with Crippen molar-refractivity contribution in [2.24, 2.45) is 0 Å². The SMILES string of the molecule is Cc1cccnc1CN1CCN(Cc2cc(F)ccc2F)CC1. The Bertz CT molecular complexity index is 667. The molecule has 0 atom stereocenters. The normalized spacial score (nSPS) is 16.7. The fourth-order valence-corrected chi connectivity index (χ4v) is 2.91. The van der Waals surface area contributed by atoms with Crippen LogP contribution < -0.4 is 0 Å². The zero-order valence-electron chi connectivity index (χ0n) is 13.3. The average molecular weight is 317 g/mol. The molecule has 3 rings (SSSR count). The molecule has 3 nitrogen and oxygen atoms in total. The van der Waals surface area contributed by atoms with E-state index in [-0.39, 0.29) is 11.6 Å². The Morgan fingerprint density at radius 2 is 1.70 bits per heavy atom. The minimum atomic E-state index is -0.384. The molecule has 0 radical (unpaired) electrons. The highest BCUT2D eigenvalue weighted by atomic mass is 19.1. The van der Waals surface area contributed by atoms with Gasteiger partial charge in [0.25, 0.3) is 0 Å². The van der Waals surface area contributed by atoms with Gasteiger partial charge in [-0.15, -0.1) is 0 Å². The van der Waals surface area contributed by atoms with Gasteiger partial charge in [-0.2, -0.15) is 0 Å². The van der Waals surface area contributed by atoms with Crippen LogP contribution in [0.5, 0.6) is 0 Å². The first kappa shape index (κ1) is 16.0. The fourth-order valence-electron chi connectivity index (χ4n) is 2.91. The molecule has 122 valence electrons. The van der Waals surface area contributed by atoms with Gasteiger partial charge >= 0.3 is 0 Å². The maximum Gasteiger partial charge on any atom is 0.127 e. The van der Waals surface area contributed by atoms with E-state index in [0.717, 1.165) is 44.5 Å². The minimum Gasteiger partial charge on any atom is -0.296 e. The molecule has 0 amide bonds. The number of nitrogens with zero attached hydrogens (tertiary/aromatic N) is 3. The molecule has 1 aromatic carbocycles. The summed E-state index contributed by atoms with van der Waals surface area (Å²) in [7, 11) is 0. The number of piperazine rings is 1. The lowest BCUT2D eigenvalue weighted by atomic mass is 10.1. The molecule has 1 fully saturated rings. The molecule has 23 heavy (non-hydrogen) atoms. The summed E-state index contributed by atoms with van der Waals surface area (Å²) in [4.78, 5) is 8.96. The number of rotatable bonds is 4. The Morgan fingerprint density at radius 3 is 2.39 bits per heavy atom. The summed E-state index contributed by atoms with van der Waals surface area (Å²) in [5.41, 5.74) is 2.74. The number of aromatic nitrogens is 1. The van der Waals surface area contributed by atoms with Crippen molar-refractivity contribution in [1.29, 1.82) is 0 Å². The second-order valence-electron chi connectivity index (χ2n) is 6.06. The first-order valence-electron chi connectivity index (χ1n) is 7.91. The van der Waals surface area contributed by atoms with Crippen LogP contribution in [0.3, 0.4) is 0 Å². The highest BCUT2D eigenvalue weighted by Gasteiger charge is 2.19. The monoisotopic (exact) mass is 317 g/mol. The van der Waals surface area contributed by atoms with Crippen molar-refractivity contribution in [3.8, 4) is 0 Å². The first-order valence-corrected chi connectivity index (χ1v) is 7.91. The van der Waals surface area contributed by atoms with Crippen LogP contribution in [-0.4, -0.2) is 41.0 Å². The predicted octanol–water partition coefficient (Wildman–Crippen LogP) is 2.99. The Balaban J connectivity index is 1.54. The van der Waals surface area contributed by atoms with E-state index in [4.69, 9.17) is 0 Å². The second kappa shape index (κ2) is 7.15. The van der Waals surface area contributed by atoms with E-state index in [1.807, 2.05) is 12.3 Å². The Hall–Kier alpha value is -1.85. The van der Waals surface area contributed by atoms with Crippen LogP contribution in [0.2, 0.25) is 0 Å². The molecule has 1 aliphatic heterocycles. The Morgan fingerprint density at radius 1 is 1.00 bits per heavy atom. The van der Waals surface area contributed by atoms with E-state index in [2.05, 4.69) is 27.8 Å². The average Bonchev–Trinajstić information content (AvgIpc) is 2.55. The van der Waals surface area contributed by atoms with E-state index in [0.29, 0.717) is 12.1 Å². The second-order valence-corrected chi connectivity index (χ2v) is 6.06. The van der Waals surface area contributed by atoms with E-state index >= 15 is 0 Å². The third-order valence-corrected chi connectivity index (χ3v) is 4.36. The molecule has 2 aromatic rings. The lowest BCUT2D eigenvalue weighted by molar-refractivity contribution is 0.120. The maximum atomic E-state index is 13.7. The number of hydrogen-bond donors (Lipinski definition) is 0. The van der Waals surface area contributed by atoms with Crippen molar-refractivity contribution in [1.82, 2.24) is 14.8 Å². The molecule has 1 aromatic heterocycles. The molecular weight excluding hydrogens is 296 g/mol. The summed E-state index contributed by atoms with van der Waals surface area (Å²) in [6.45, 7) is 6.89. The van der Waals surface area contributed by atoms with E-state index in [1.54, 1.807) is 0 Å². The van der Waals surface area contributed by atoms with Crippen molar-refractivity contribution < 1.29 is 8.78 Å². The maximum absolute atomic E-state index is 13.7. The smallest absolute Gasteiger partial charge is 0.127 e. The number of hydrogen-bond acceptors (Lipinski definition) is 3. The van der Waals surface area contributed by atoms with Crippen molar-refractivity contribution in [3.63, 3.8) is 0 Å². The van der Waals surface area contributed by atoms with Gasteiger partial charge in [0.1, 0.15) is 11.6 Å². The molecule has 0 unspecified atom stereocenters. The van der Waals surface area contributed by atoms with Crippen molar-refractivity contribution >= 4 is 0 Å². The number of benzene rings is 1. The minimum absolute atomic E-state index is 0.335. The largest absolute Gasteiger partial charge is 0.296 e. The van der Waals surface area contributed by atoms with Gasteiger partial charge in [-0.25, -0.2) is 8.78 Å². The van der Waals surface area contributed by atoms with E-state index in [9.17, 15) is 8.78 Å². The Kier molecular flexibility index (Phi) is 4.98. The molecule has 2 heterocycles. The molecule has 0 bridgehead atoms. The summed E-state index contributed by atoms with van der Waals surface area (Å²) in [6, 6.07) is 7.67. The van der Waals surface area contributed by atoms with Gasteiger partial charge in [0.2, 0.25) is 0 Å². The van der Waals surface area contributed by atoms with Crippen LogP contribution in [0.1, 0.15) is 16.8 Å². The van der Waals surface area contributed by atoms with Crippen LogP contribution >= 0.6 is 0 Å². The van der Waals surface area contributed by atoms with Crippen LogP contribution in [0.25, 0.3) is 0 Å². The van der Waals surface area contributed by atoms with Crippen LogP contribution in [-0.2, 0) is 13.1 Å². The van der Waals surface area contributed by atoms with Gasteiger partial charge in [-0.05, 0) is 36.8 Å². The van der Waals surface area contributed by atoms with Crippen molar-refractivity contribution in [3.05, 3.63) is 65.0 Å². The van der Waals surface area contributed by atoms with Crippen LogP contribution in [0.15, 0.2) is 36.5 Å².